The summed E-state index contributed by atoms with van der Waals surface area (Å²) in [6, 6.07) is 13.5. The molecule has 0 unspecified atom stereocenters. The Labute approximate surface area is 210 Å². The third kappa shape index (κ3) is 5.12. The van der Waals surface area contributed by atoms with Crippen molar-refractivity contribution in [3.8, 4) is 5.69 Å². The normalized spacial score (nSPS) is 11.8. The molecule has 0 saturated carbocycles. The average molecular weight is 492 g/mol. The van der Waals surface area contributed by atoms with Gasteiger partial charge in [-0.2, -0.15) is 0 Å². The van der Waals surface area contributed by atoms with E-state index in [0.717, 1.165) is 35.4 Å². The number of hydrogen-bond donors (Lipinski definition) is 0. The fourth-order valence-electron chi connectivity index (χ4n) is 4.33. The second-order valence-electron chi connectivity index (χ2n) is 9.94. The quantitative estimate of drug-likeness (QED) is 0.328. The number of fused-ring (bicyclic) bond motifs is 3. The summed E-state index contributed by atoms with van der Waals surface area (Å²) < 4.78 is 3.53. The maximum absolute atomic E-state index is 13.6. The Balaban J connectivity index is 1.80. The Hall–Kier alpha value is -3.13. The van der Waals surface area contributed by atoms with Crippen LogP contribution in [-0.2, 0) is 4.79 Å². The lowest BCUT2D eigenvalue weighted by molar-refractivity contribution is -0.129. The first kappa shape index (κ1) is 25.0. The molecule has 35 heavy (non-hydrogen) atoms. The van der Waals surface area contributed by atoms with E-state index in [1.54, 1.807) is 4.57 Å². The van der Waals surface area contributed by atoms with Gasteiger partial charge in [0.25, 0.3) is 5.56 Å². The van der Waals surface area contributed by atoms with Crippen molar-refractivity contribution in [1.29, 1.82) is 0 Å². The lowest BCUT2D eigenvalue weighted by Gasteiger charge is -2.26. The molecule has 2 aromatic carbocycles. The zero-order chi connectivity index (χ0) is 25.3. The van der Waals surface area contributed by atoms with Gasteiger partial charge in [-0.3, -0.25) is 14.0 Å². The van der Waals surface area contributed by atoms with Gasteiger partial charge in [-0.15, -0.1) is 10.2 Å². The van der Waals surface area contributed by atoms with Crippen LogP contribution in [0, 0.1) is 25.7 Å². The topological polar surface area (TPSA) is 72.5 Å². The number of aryl methyl sites for hydroxylation is 2. The number of para-hydroxylation sites is 1. The van der Waals surface area contributed by atoms with Crippen LogP contribution in [0.3, 0.4) is 0 Å². The van der Waals surface area contributed by atoms with Crippen molar-refractivity contribution in [1.82, 2.24) is 24.1 Å². The third-order valence-corrected chi connectivity index (χ3v) is 6.76. The van der Waals surface area contributed by atoms with Crippen molar-refractivity contribution in [2.75, 3.05) is 18.8 Å². The van der Waals surface area contributed by atoms with E-state index in [0.29, 0.717) is 28.2 Å². The van der Waals surface area contributed by atoms with Crippen LogP contribution in [0.4, 0.5) is 0 Å². The molecule has 7 nitrogen and oxygen atoms in total. The number of amides is 1. The largest absolute Gasteiger partial charge is 0.341 e. The van der Waals surface area contributed by atoms with Crippen molar-refractivity contribution in [3.63, 3.8) is 0 Å². The zero-order valence-electron chi connectivity index (χ0n) is 21.3. The molecule has 0 atom stereocenters. The molecule has 8 heteroatoms. The minimum atomic E-state index is -0.137. The molecule has 0 aliphatic heterocycles. The Bertz CT molecular complexity index is 1430. The van der Waals surface area contributed by atoms with Gasteiger partial charge in [0.05, 0.1) is 22.3 Å². The van der Waals surface area contributed by atoms with Crippen molar-refractivity contribution in [2.24, 2.45) is 11.8 Å². The molecule has 0 N–H and O–H groups in total. The van der Waals surface area contributed by atoms with Crippen LogP contribution in [0.2, 0.25) is 0 Å². The molecule has 0 saturated heterocycles. The molecule has 0 spiro atoms. The SMILES string of the molecule is Cc1ccc(C)c(-n2c(=O)c3ccccc3n3c(SCC(=O)N(CC(C)C)CC(C)C)nnc23)c1. The molecule has 0 aliphatic rings. The number of benzene rings is 2. The van der Waals surface area contributed by atoms with Crippen molar-refractivity contribution < 1.29 is 4.79 Å². The standard InChI is InChI=1S/C27H33N5O2S/c1-17(2)14-30(15-18(3)4)24(33)16-35-27-29-28-26-31(23-13-19(5)11-12-20(23)6)25(34)21-9-7-8-10-22(21)32(26)27/h7-13,17-18H,14-16H2,1-6H3. The minimum Gasteiger partial charge on any atom is -0.341 e. The van der Waals surface area contributed by atoms with Crippen LogP contribution >= 0.6 is 11.8 Å². The summed E-state index contributed by atoms with van der Waals surface area (Å²) in [6.45, 7) is 13.9. The molecule has 184 valence electrons. The predicted octanol–water partition coefficient (Wildman–Crippen LogP) is 4.88. The van der Waals surface area contributed by atoms with Crippen LogP contribution in [0.25, 0.3) is 22.4 Å². The number of carbonyl (C=O) groups is 1. The Morgan fingerprint density at radius 1 is 1.00 bits per heavy atom. The molecular weight excluding hydrogens is 458 g/mol. The summed E-state index contributed by atoms with van der Waals surface area (Å²) in [5, 5.41) is 10.0. The first-order valence-corrected chi connectivity index (χ1v) is 13.0. The third-order valence-electron chi connectivity index (χ3n) is 5.85. The first-order valence-electron chi connectivity index (χ1n) is 12.0. The van der Waals surface area contributed by atoms with Gasteiger partial charge in [-0.05, 0) is 55.0 Å². The van der Waals surface area contributed by atoms with Crippen molar-refractivity contribution >= 4 is 34.3 Å². The summed E-state index contributed by atoms with van der Waals surface area (Å²) in [4.78, 5) is 28.7. The van der Waals surface area contributed by atoms with Crippen LogP contribution in [0.5, 0.6) is 0 Å². The van der Waals surface area contributed by atoms with E-state index >= 15 is 0 Å². The molecular formula is C27H33N5O2S. The van der Waals surface area contributed by atoms with Gasteiger partial charge in [0.2, 0.25) is 11.7 Å². The number of nitrogens with zero attached hydrogens (tertiary/aromatic N) is 5. The van der Waals surface area contributed by atoms with Gasteiger partial charge >= 0.3 is 0 Å². The highest BCUT2D eigenvalue weighted by atomic mass is 32.2. The number of carbonyl (C=O) groups excluding carboxylic acids is 1. The molecule has 0 bridgehead atoms. The smallest absolute Gasteiger partial charge is 0.267 e. The molecule has 2 aromatic heterocycles. The predicted molar refractivity (Wildman–Crippen MR) is 143 cm³/mol. The lowest BCUT2D eigenvalue weighted by atomic mass is 10.1. The summed E-state index contributed by atoms with van der Waals surface area (Å²) in [5.41, 5.74) is 3.40. The molecule has 0 radical (unpaired) electrons. The van der Waals surface area contributed by atoms with E-state index in [1.807, 2.05) is 65.6 Å². The van der Waals surface area contributed by atoms with Crippen LogP contribution in [0.1, 0.15) is 38.8 Å². The van der Waals surface area contributed by atoms with E-state index in [-0.39, 0.29) is 17.2 Å². The second kappa shape index (κ2) is 10.2. The highest BCUT2D eigenvalue weighted by molar-refractivity contribution is 7.99. The fourth-order valence-corrected chi connectivity index (χ4v) is 5.17. The van der Waals surface area contributed by atoms with E-state index in [9.17, 15) is 9.59 Å². The molecule has 1 amide bonds. The maximum atomic E-state index is 13.6. The average Bonchev–Trinajstić information content (AvgIpc) is 3.22. The number of rotatable bonds is 8. The van der Waals surface area contributed by atoms with Gasteiger partial charge in [0, 0.05) is 13.1 Å². The van der Waals surface area contributed by atoms with E-state index in [2.05, 4.69) is 37.9 Å². The summed E-state index contributed by atoms with van der Waals surface area (Å²) in [5.74, 6) is 1.58. The van der Waals surface area contributed by atoms with Gasteiger partial charge in [-0.25, -0.2) is 4.57 Å². The number of thioether (sulfide) groups is 1. The maximum Gasteiger partial charge on any atom is 0.267 e. The fraction of sp³-hybridized carbons (Fsp3) is 0.407. The van der Waals surface area contributed by atoms with Gasteiger partial charge in [-0.1, -0.05) is 63.7 Å². The summed E-state index contributed by atoms with van der Waals surface area (Å²) in [6.07, 6.45) is 0. The van der Waals surface area contributed by atoms with E-state index in [1.165, 1.54) is 11.8 Å². The molecule has 4 aromatic rings. The minimum absolute atomic E-state index is 0.0845. The molecule has 2 heterocycles. The van der Waals surface area contributed by atoms with Crippen LogP contribution in [0.15, 0.2) is 52.4 Å². The molecule has 0 aliphatic carbocycles. The van der Waals surface area contributed by atoms with E-state index < -0.39 is 0 Å². The molecule has 0 fully saturated rings. The Morgan fingerprint density at radius 3 is 2.37 bits per heavy atom. The van der Waals surface area contributed by atoms with E-state index in [4.69, 9.17) is 0 Å². The van der Waals surface area contributed by atoms with Gasteiger partial charge < -0.3 is 4.90 Å². The highest BCUT2D eigenvalue weighted by Gasteiger charge is 2.21. The Kier molecular flexibility index (Phi) is 7.31. The monoisotopic (exact) mass is 491 g/mol. The van der Waals surface area contributed by atoms with Crippen molar-refractivity contribution in [3.05, 3.63) is 63.9 Å². The summed E-state index contributed by atoms with van der Waals surface area (Å²) >= 11 is 1.36. The van der Waals surface area contributed by atoms with Gasteiger partial charge in [0.1, 0.15) is 0 Å². The highest BCUT2D eigenvalue weighted by Crippen LogP contribution is 2.25. The zero-order valence-corrected chi connectivity index (χ0v) is 22.1. The van der Waals surface area contributed by atoms with Crippen molar-refractivity contribution in [2.45, 2.75) is 46.7 Å². The lowest BCUT2D eigenvalue weighted by Crippen LogP contribution is -2.38. The molecule has 4 rings (SSSR count). The Morgan fingerprint density at radius 2 is 1.69 bits per heavy atom. The first-order chi connectivity index (χ1) is 16.7. The number of hydrogen-bond acceptors (Lipinski definition) is 5. The summed E-state index contributed by atoms with van der Waals surface area (Å²) in [7, 11) is 0. The van der Waals surface area contributed by atoms with Crippen LogP contribution in [-0.4, -0.2) is 48.8 Å². The van der Waals surface area contributed by atoms with Crippen LogP contribution < -0.4 is 5.56 Å². The number of aromatic nitrogens is 4. The second-order valence-corrected chi connectivity index (χ2v) is 10.9. The van der Waals surface area contributed by atoms with Gasteiger partial charge in [0.15, 0.2) is 5.16 Å².